The molecule has 1 aliphatic rings. The van der Waals surface area contributed by atoms with Crippen molar-refractivity contribution in [2.24, 2.45) is 7.05 Å². The van der Waals surface area contributed by atoms with Crippen molar-refractivity contribution in [1.29, 1.82) is 0 Å². The Morgan fingerprint density at radius 2 is 2.17 bits per heavy atom. The van der Waals surface area contributed by atoms with Gasteiger partial charge in [0.1, 0.15) is 5.82 Å². The van der Waals surface area contributed by atoms with E-state index in [4.69, 9.17) is 0 Å². The Morgan fingerprint density at radius 3 is 2.91 bits per heavy atom. The van der Waals surface area contributed by atoms with Gasteiger partial charge in [0.2, 0.25) is 0 Å². The van der Waals surface area contributed by atoms with Gasteiger partial charge in [-0.05, 0) is 31.9 Å². The summed E-state index contributed by atoms with van der Waals surface area (Å²) in [5.74, 6) is -0.314. The molecule has 23 heavy (non-hydrogen) atoms. The number of ketones is 1. The number of halogens is 1. The molecule has 0 atom stereocenters. The fourth-order valence-electron chi connectivity index (χ4n) is 3.41. The zero-order chi connectivity index (χ0) is 16.1. The van der Waals surface area contributed by atoms with Crippen LogP contribution in [0.25, 0.3) is 17.0 Å². The summed E-state index contributed by atoms with van der Waals surface area (Å²) in [6.45, 7) is 1.92. The first kappa shape index (κ1) is 13.9. The highest BCUT2D eigenvalue weighted by atomic mass is 19.1. The van der Waals surface area contributed by atoms with E-state index in [9.17, 15) is 9.18 Å². The van der Waals surface area contributed by atoms with Gasteiger partial charge in [-0.15, -0.1) is 0 Å². The predicted molar refractivity (Wildman–Crippen MR) is 86.8 cm³/mol. The van der Waals surface area contributed by atoms with E-state index in [1.165, 1.54) is 6.07 Å². The van der Waals surface area contributed by atoms with E-state index in [-0.39, 0.29) is 11.6 Å². The molecular formula is C18H16FN3O. The molecule has 2 aromatic heterocycles. The molecule has 1 aromatic carbocycles. The van der Waals surface area contributed by atoms with Gasteiger partial charge >= 0.3 is 0 Å². The highest BCUT2D eigenvalue weighted by Crippen LogP contribution is 2.35. The molecule has 3 aromatic rings. The van der Waals surface area contributed by atoms with Crippen molar-refractivity contribution in [3.63, 3.8) is 0 Å². The topological polar surface area (TPSA) is 50.7 Å². The number of benzene rings is 1. The highest BCUT2D eigenvalue weighted by Gasteiger charge is 2.29. The first-order valence-electron chi connectivity index (χ1n) is 7.59. The minimum atomic E-state index is -0.291. The second kappa shape index (κ2) is 4.91. The van der Waals surface area contributed by atoms with Gasteiger partial charge in [0, 0.05) is 29.4 Å². The summed E-state index contributed by atoms with van der Waals surface area (Å²) >= 11 is 0. The summed E-state index contributed by atoms with van der Waals surface area (Å²) in [4.78, 5) is 20.2. The van der Waals surface area contributed by atoms with E-state index in [1.54, 1.807) is 12.4 Å². The lowest BCUT2D eigenvalue weighted by atomic mass is 9.89. The van der Waals surface area contributed by atoms with Crippen molar-refractivity contribution in [2.45, 2.75) is 19.8 Å². The summed E-state index contributed by atoms with van der Waals surface area (Å²) in [6, 6.07) is 4.90. The van der Waals surface area contributed by atoms with Crippen LogP contribution in [0.2, 0.25) is 0 Å². The number of hydrogen-bond donors (Lipinski definition) is 1. The molecule has 0 saturated carbocycles. The van der Waals surface area contributed by atoms with Gasteiger partial charge in [-0.3, -0.25) is 4.79 Å². The molecule has 0 amide bonds. The SMILES string of the molecule is Cc1[nH]cnc1C=C1CCc2c(c3cccc(F)c3n2C)C1=O. The van der Waals surface area contributed by atoms with Gasteiger partial charge in [0.25, 0.3) is 0 Å². The first-order chi connectivity index (χ1) is 11.1. The van der Waals surface area contributed by atoms with Crippen LogP contribution in [0.3, 0.4) is 0 Å². The average Bonchev–Trinajstić information content (AvgIpc) is 3.06. The lowest BCUT2D eigenvalue weighted by molar-refractivity contribution is 0.102. The second-order valence-electron chi connectivity index (χ2n) is 5.93. The number of Topliss-reactive ketones (excluding diaryl/α,β-unsaturated/α-hetero) is 1. The van der Waals surface area contributed by atoms with Crippen molar-refractivity contribution in [3.8, 4) is 0 Å². The summed E-state index contributed by atoms with van der Waals surface area (Å²) in [6.07, 6.45) is 4.83. The maximum absolute atomic E-state index is 14.2. The number of carbonyl (C=O) groups excluding carboxylic acids is 1. The number of aryl methyl sites for hydroxylation is 2. The van der Waals surface area contributed by atoms with Crippen LogP contribution in [0, 0.1) is 12.7 Å². The molecule has 0 saturated heterocycles. The van der Waals surface area contributed by atoms with Gasteiger partial charge in [-0.1, -0.05) is 12.1 Å². The lowest BCUT2D eigenvalue weighted by Gasteiger charge is -2.15. The fourth-order valence-corrected chi connectivity index (χ4v) is 3.41. The lowest BCUT2D eigenvalue weighted by Crippen LogP contribution is -2.15. The van der Waals surface area contributed by atoms with Crippen molar-refractivity contribution in [1.82, 2.24) is 14.5 Å². The fraction of sp³-hybridized carbons (Fsp3) is 0.222. The average molecular weight is 309 g/mol. The third kappa shape index (κ3) is 1.96. The number of nitrogens with zero attached hydrogens (tertiary/aromatic N) is 2. The van der Waals surface area contributed by atoms with Gasteiger partial charge in [-0.25, -0.2) is 9.37 Å². The van der Waals surface area contributed by atoms with E-state index in [2.05, 4.69) is 9.97 Å². The number of allylic oxidation sites excluding steroid dienone is 1. The van der Waals surface area contributed by atoms with Gasteiger partial charge < -0.3 is 9.55 Å². The Balaban J connectivity index is 1.91. The molecule has 4 nitrogen and oxygen atoms in total. The highest BCUT2D eigenvalue weighted by molar-refractivity contribution is 6.20. The Kier molecular flexibility index (Phi) is 2.98. The van der Waals surface area contributed by atoms with E-state index in [1.807, 2.05) is 30.7 Å². The van der Waals surface area contributed by atoms with E-state index in [0.29, 0.717) is 22.9 Å². The Morgan fingerprint density at radius 1 is 1.35 bits per heavy atom. The number of imidazole rings is 1. The molecular weight excluding hydrogens is 293 g/mol. The number of carbonyl (C=O) groups is 1. The van der Waals surface area contributed by atoms with Crippen LogP contribution in [0.1, 0.15) is 33.9 Å². The third-order valence-electron chi connectivity index (χ3n) is 4.61. The number of fused-ring (bicyclic) bond motifs is 3. The number of nitrogens with one attached hydrogen (secondary N) is 1. The maximum Gasteiger partial charge on any atom is 0.191 e. The van der Waals surface area contributed by atoms with Crippen LogP contribution in [-0.4, -0.2) is 20.3 Å². The molecule has 5 heteroatoms. The van der Waals surface area contributed by atoms with Crippen molar-refractivity contribution in [2.75, 3.05) is 0 Å². The third-order valence-corrected chi connectivity index (χ3v) is 4.61. The van der Waals surface area contributed by atoms with Crippen LogP contribution in [-0.2, 0) is 13.5 Å². The molecule has 0 aliphatic heterocycles. The normalized spacial score (nSPS) is 16.3. The summed E-state index contributed by atoms with van der Waals surface area (Å²) in [5, 5.41) is 0.692. The van der Waals surface area contributed by atoms with Crippen LogP contribution in [0.5, 0.6) is 0 Å². The summed E-state index contributed by atoms with van der Waals surface area (Å²) < 4.78 is 16.0. The predicted octanol–water partition coefficient (Wildman–Crippen LogP) is 3.56. The molecule has 2 heterocycles. The van der Waals surface area contributed by atoms with Crippen LogP contribution in [0.15, 0.2) is 30.1 Å². The molecule has 116 valence electrons. The van der Waals surface area contributed by atoms with Crippen molar-refractivity contribution < 1.29 is 9.18 Å². The zero-order valence-electron chi connectivity index (χ0n) is 13.0. The van der Waals surface area contributed by atoms with Crippen molar-refractivity contribution in [3.05, 3.63) is 58.6 Å². The number of H-pyrrole nitrogens is 1. The second-order valence-corrected chi connectivity index (χ2v) is 5.93. The smallest absolute Gasteiger partial charge is 0.191 e. The van der Waals surface area contributed by atoms with Crippen molar-refractivity contribution >= 4 is 22.8 Å². The number of aromatic nitrogens is 3. The Labute approximate surface area is 132 Å². The monoisotopic (exact) mass is 309 g/mol. The van der Waals surface area contributed by atoms with E-state index >= 15 is 0 Å². The molecule has 0 unspecified atom stereocenters. The Hall–Kier alpha value is -2.69. The standard InChI is InChI=1S/C18H16FN3O/c1-10-14(21-9-20-10)8-11-6-7-15-16(18(11)23)12-4-3-5-13(19)17(12)22(15)2/h3-5,8-9H,6-7H2,1-2H3,(H,20,21). The summed E-state index contributed by atoms with van der Waals surface area (Å²) in [5.41, 5.74) is 4.48. The largest absolute Gasteiger partial charge is 0.348 e. The van der Waals surface area contributed by atoms with Gasteiger partial charge in [0.15, 0.2) is 5.78 Å². The van der Waals surface area contributed by atoms with E-state index in [0.717, 1.165) is 29.1 Å². The van der Waals surface area contributed by atoms with Crippen LogP contribution in [0.4, 0.5) is 4.39 Å². The van der Waals surface area contributed by atoms with Crippen LogP contribution >= 0.6 is 0 Å². The molecule has 4 rings (SSSR count). The minimum Gasteiger partial charge on any atom is -0.348 e. The number of hydrogen-bond acceptors (Lipinski definition) is 2. The Bertz CT molecular complexity index is 978. The van der Waals surface area contributed by atoms with Crippen LogP contribution < -0.4 is 0 Å². The quantitative estimate of drug-likeness (QED) is 0.699. The molecule has 0 spiro atoms. The molecule has 1 aliphatic carbocycles. The zero-order valence-corrected chi connectivity index (χ0v) is 13.0. The molecule has 0 fully saturated rings. The molecule has 0 bridgehead atoms. The first-order valence-corrected chi connectivity index (χ1v) is 7.59. The van der Waals surface area contributed by atoms with Gasteiger partial charge in [0.05, 0.1) is 23.1 Å². The van der Waals surface area contributed by atoms with E-state index < -0.39 is 0 Å². The molecule has 1 N–H and O–H groups in total. The number of aromatic amines is 1. The maximum atomic E-state index is 14.2. The number of para-hydroxylation sites is 1. The summed E-state index contributed by atoms with van der Waals surface area (Å²) in [7, 11) is 1.82. The molecule has 0 radical (unpaired) electrons. The number of rotatable bonds is 1. The minimum absolute atomic E-state index is 0.0233. The van der Waals surface area contributed by atoms with Gasteiger partial charge in [-0.2, -0.15) is 0 Å².